The van der Waals surface area contributed by atoms with Gasteiger partial charge < -0.3 is 147 Å². The molecule has 1 aromatic carbocycles. The Balaban J connectivity index is 1.51. The molecule has 27 N–H and O–H groups in total. The van der Waals surface area contributed by atoms with E-state index >= 15 is 0 Å². The Morgan fingerprint density at radius 3 is 1.22 bits per heavy atom. The Kier molecular flexibility index (Phi) is 53.3. The molecule has 51 heteroatoms. The molecule has 0 bridgehead atoms. The fourth-order valence-electron chi connectivity index (χ4n) is 16.7. The molecule has 0 spiro atoms. The van der Waals surface area contributed by atoms with Gasteiger partial charge in [-0.3, -0.25) is 105 Å². The summed E-state index contributed by atoms with van der Waals surface area (Å²) in [6.07, 6.45) is -3.44. The second kappa shape index (κ2) is 62.1. The number of amides is 19. The van der Waals surface area contributed by atoms with E-state index in [0.717, 1.165) is 11.8 Å². The van der Waals surface area contributed by atoms with Crippen LogP contribution in [0.25, 0.3) is 0 Å². The van der Waals surface area contributed by atoms with Crippen molar-refractivity contribution in [2.75, 3.05) is 45.9 Å². The van der Waals surface area contributed by atoms with Crippen molar-refractivity contribution in [3.8, 4) is 0 Å². The third kappa shape index (κ3) is 40.5. The Labute approximate surface area is 853 Å². The largest absolute Gasteiger partial charge is 0.481 e. The summed E-state index contributed by atoms with van der Waals surface area (Å²) >= 11 is 0. The molecule has 0 saturated carbocycles. The molecular weight excluding hydrogens is 1930 g/mol. The second-order valence-corrected chi connectivity index (χ2v) is 39.2. The zero-order chi connectivity index (χ0) is 111. The molecular formula is C96H155N21O30. The van der Waals surface area contributed by atoms with E-state index in [4.69, 9.17) is 11.5 Å². The molecule has 3 aliphatic rings. The summed E-state index contributed by atoms with van der Waals surface area (Å²) in [6, 6.07) is -20.9. The Hall–Kier alpha value is -13.2. The maximum absolute atomic E-state index is 14.9. The zero-order valence-corrected chi connectivity index (χ0v) is 86.3. The van der Waals surface area contributed by atoms with Crippen LogP contribution >= 0.6 is 0 Å². The van der Waals surface area contributed by atoms with Crippen LogP contribution in [0, 0.1) is 35.5 Å². The van der Waals surface area contributed by atoms with Crippen LogP contribution in [-0.4, -0.2) is 353 Å². The molecule has 0 aliphatic carbocycles. The van der Waals surface area contributed by atoms with Crippen LogP contribution in [0.2, 0.25) is 0 Å². The van der Waals surface area contributed by atoms with Crippen molar-refractivity contribution < 1.29 is 146 Å². The van der Waals surface area contributed by atoms with Crippen LogP contribution in [0.4, 0.5) is 0 Å². The van der Waals surface area contributed by atoms with Gasteiger partial charge in [0.25, 0.3) is 0 Å². The second-order valence-electron chi connectivity index (χ2n) is 39.2. The normalized spacial score (nSPS) is 18.4. The summed E-state index contributed by atoms with van der Waals surface area (Å²) in [5.74, 6) is -27.6. The predicted molar refractivity (Wildman–Crippen MR) is 526 cm³/mol. The van der Waals surface area contributed by atoms with Gasteiger partial charge in [0.05, 0.1) is 38.3 Å². The topological polar surface area (TPSA) is 788 Å². The molecule has 3 saturated heterocycles. The lowest BCUT2D eigenvalue weighted by Crippen LogP contribution is -2.63. The van der Waals surface area contributed by atoms with Gasteiger partial charge in [-0.05, 0) is 152 Å². The predicted octanol–water partition coefficient (Wildman–Crippen LogP) is -5.76. The summed E-state index contributed by atoms with van der Waals surface area (Å²) in [4.78, 5) is 320. The van der Waals surface area contributed by atoms with E-state index < -0.39 is 332 Å². The molecule has 824 valence electrons. The first-order valence-electron chi connectivity index (χ1n) is 50.1. The highest BCUT2D eigenvalue weighted by molar-refractivity contribution is 6.03. The minimum atomic E-state index is -1.99. The van der Waals surface area contributed by atoms with E-state index in [2.05, 4.69) is 85.1 Å². The third-order valence-corrected chi connectivity index (χ3v) is 25.6. The van der Waals surface area contributed by atoms with E-state index in [1.807, 2.05) is 0 Å². The molecule has 0 aromatic heterocycles. The highest BCUT2D eigenvalue weighted by atomic mass is 16.4. The number of aliphatic carboxylic acids is 4. The molecule has 3 aliphatic heterocycles. The van der Waals surface area contributed by atoms with Crippen molar-refractivity contribution in [1.82, 2.24) is 99.8 Å². The number of benzene rings is 1. The van der Waals surface area contributed by atoms with Crippen molar-refractivity contribution in [3.05, 3.63) is 35.9 Å². The lowest BCUT2D eigenvalue weighted by Gasteiger charge is -2.34. The van der Waals surface area contributed by atoms with Gasteiger partial charge in [0.2, 0.25) is 112 Å². The van der Waals surface area contributed by atoms with Crippen molar-refractivity contribution in [2.45, 2.75) is 347 Å². The van der Waals surface area contributed by atoms with E-state index in [0.29, 0.717) is 31.2 Å². The number of carbonyl (C=O) groups excluding carboxylic acids is 19. The number of aliphatic hydroxyl groups excluding tert-OH is 3. The average molecular weight is 2080 g/mol. The van der Waals surface area contributed by atoms with E-state index in [1.54, 1.807) is 85.7 Å². The quantitative estimate of drug-likeness (QED) is 0.0270. The molecule has 22 atom stereocenters. The molecule has 4 rings (SSSR count). The number of aliphatic hydroxyl groups is 3. The van der Waals surface area contributed by atoms with Gasteiger partial charge in [-0.15, -0.1) is 0 Å². The summed E-state index contributed by atoms with van der Waals surface area (Å²) in [5, 5.41) is 110. The van der Waals surface area contributed by atoms with Gasteiger partial charge in [-0.25, -0.2) is 4.79 Å². The standard InChI is InChI=1S/C96H155N21O30/c1-16-51(11)75(112-79(129)54(14)100-69(121)44-99-80(130)58(32-34-70(122)123)101-78(128)53(13)98)94(144)116-38-24-29-66(116)88(138)107-63(41-48(5)6)93(143)115-37-23-30-67(115)89(139)111-74(50(9)10)90(140)106-62(43-72(126)127)85(135)105-61(42-56-26-19-18-20-27-56)84(134)104-60(40-47(3)4)83(133)108-64(45-118)86(136)102-57(28-21-22-36-97)81(131)110-73(49(7)8)91(141)109-65(46-119)87(137)114-77(55(15)120)92(142)103-59(33-35-71(124)125)82(132)113-76(52(12)17-2)95(145)117-39-25-31-68(117)96(146)147/h18-20,26-27,47-55,57-68,73-77,118-120H,16-17,21-25,28-46,97-98H2,1-15H3,(H,99,130)(H,100,121)(H,101,128)(H,102,136)(H,103,142)(H,104,134)(H,105,135)(H,106,140)(H,107,138)(H,108,133)(H,109,141)(H,110,131)(H,111,139)(H,112,129)(H,113,132)(H,114,137)(H,122,123)(H,124,125)(H,126,127)(H,146,147)/t51-,52-,53-,54-,55+,57-,58-,59-,60-,61-,62-,63-,64-,65-,66-,67-,68-,73-,74-,75-,76-,77-/m0/s1. The van der Waals surface area contributed by atoms with Crippen LogP contribution in [0.3, 0.4) is 0 Å². The maximum atomic E-state index is 14.9. The van der Waals surface area contributed by atoms with E-state index in [9.17, 15) is 146 Å². The summed E-state index contributed by atoms with van der Waals surface area (Å²) < 4.78 is 0. The molecule has 3 heterocycles. The lowest BCUT2D eigenvalue weighted by atomic mass is 9.96. The summed E-state index contributed by atoms with van der Waals surface area (Å²) in [6.45, 7) is 20.5. The lowest BCUT2D eigenvalue weighted by molar-refractivity contribution is -0.150. The van der Waals surface area contributed by atoms with E-state index in [1.165, 1.54) is 51.3 Å². The Bertz CT molecular complexity index is 4720. The van der Waals surface area contributed by atoms with Gasteiger partial charge in [-0.2, -0.15) is 0 Å². The van der Waals surface area contributed by atoms with Crippen molar-refractivity contribution >= 4 is 136 Å². The number of hydrogen-bond acceptors (Lipinski definition) is 28. The molecule has 0 radical (unpaired) electrons. The van der Waals surface area contributed by atoms with Crippen LogP contribution in [-0.2, 0) is 117 Å². The summed E-state index contributed by atoms with van der Waals surface area (Å²) in [7, 11) is 0. The van der Waals surface area contributed by atoms with Gasteiger partial charge >= 0.3 is 23.9 Å². The van der Waals surface area contributed by atoms with Gasteiger partial charge in [0, 0.05) is 38.9 Å². The van der Waals surface area contributed by atoms with Crippen LogP contribution in [0.1, 0.15) is 225 Å². The number of nitrogens with two attached hydrogens (primary N) is 2. The number of nitrogens with zero attached hydrogens (tertiary/aromatic N) is 3. The van der Waals surface area contributed by atoms with Crippen molar-refractivity contribution in [3.63, 3.8) is 0 Å². The number of rotatable bonds is 63. The number of carbonyl (C=O) groups is 23. The minimum Gasteiger partial charge on any atom is -0.481 e. The average Bonchev–Trinajstić information content (AvgIpc) is 1.45. The highest BCUT2D eigenvalue weighted by Gasteiger charge is 2.47. The third-order valence-electron chi connectivity index (χ3n) is 25.6. The molecule has 0 unspecified atom stereocenters. The van der Waals surface area contributed by atoms with Crippen molar-refractivity contribution in [1.29, 1.82) is 0 Å². The molecule has 3 fully saturated rings. The zero-order valence-electron chi connectivity index (χ0n) is 86.3. The maximum Gasteiger partial charge on any atom is 0.326 e. The first-order valence-corrected chi connectivity index (χ1v) is 50.1. The molecule has 51 nitrogen and oxygen atoms in total. The van der Waals surface area contributed by atoms with Crippen LogP contribution in [0.5, 0.6) is 0 Å². The van der Waals surface area contributed by atoms with Gasteiger partial charge in [0.1, 0.15) is 109 Å². The minimum absolute atomic E-state index is 0.00191. The Morgan fingerprint density at radius 1 is 0.374 bits per heavy atom. The SMILES string of the molecule is CC[C@H](C)[C@H](NC(=O)[C@H](CCC(=O)O)NC(=O)[C@@H](NC(=O)[C@H](CO)NC(=O)[C@@H](NC(=O)[C@H](CCCCN)NC(=O)[C@H](CO)NC(=O)[C@H](CC(C)C)NC(=O)[C@H](Cc1ccccc1)NC(=O)[C@H](CC(=O)O)NC(=O)[C@@H](NC(=O)[C@@H]1CCCN1C(=O)[C@H](CC(C)C)NC(=O)[C@@H]1CCCN1C(=O)[C@@H](NC(=O)[C@H](C)NC(=O)CNC(=O)[C@H](CCC(=O)O)NC(=O)[C@H](C)N)[C@@H](C)CC)C(C)C)C(C)C)[C@@H](C)O)C(=O)N1CCC[C@H]1C(=O)O. The first-order chi connectivity index (χ1) is 69.1. The smallest absolute Gasteiger partial charge is 0.326 e. The van der Waals surface area contributed by atoms with E-state index in [-0.39, 0.29) is 103 Å². The number of likely N-dealkylation sites (tertiary alicyclic amines) is 3. The first kappa shape index (κ1) is 126. The van der Waals surface area contributed by atoms with Gasteiger partial charge in [-0.1, -0.05) is 126 Å². The van der Waals surface area contributed by atoms with Crippen LogP contribution in [0.15, 0.2) is 30.3 Å². The molecule has 1 aromatic rings. The number of nitrogens with one attached hydrogen (secondary N) is 16. The molecule has 147 heavy (non-hydrogen) atoms. The number of carboxylic acids is 4. The fourth-order valence-corrected chi connectivity index (χ4v) is 16.7. The fraction of sp³-hybridized carbons (Fsp3) is 0.698. The number of carboxylic acid groups (broad SMARTS) is 4. The van der Waals surface area contributed by atoms with Gasteiger partial charge in [0.15, 0.2) is 0 Å². The van der Waals surface area contributed by atoms with Crippen molar-refractivity contribution in [2.24, 2.45) is 47.0 Å². The highest BCUT2D eigenvalue weighted by Crippen LogP contribution is 2.27. The van der Waals surface area contributed by atoms with Crippen LogP contribution < -0.4 is 96.5 Å². The monoisotopic (exact) mass is 2080 g/mol. The number of hydrogen-bond donors (Lipinski definition) is 25. The molecule has 19 amide bonds. The Morgan fingerprint density at radius 2 is 0.748 bits per heavy atom. The summed E-state index contributed by atoms with van der Waals surface area (Å²) in [5.41, 5.74) is 11.8. The number of unbranched alkanes of at least 4 members (excludes halogenated alkanes) is 1.